The maximum atomic E-state index is 15.0. The first-order valence-electron chi connectivity index (χ1n) is 24.8. The van der Waals surface area contributed by atoms with Crippen molar-refractivity contribution in [3.63, 3.8) is 0 Å². The Bertz CT molecular complexity index is 2010. The number of pyridine rings is 2. The smallest absolute Gasteiger partial charge is 0.239 e. The highest BCUT2D eigenvalue weighted by atomic mass is 32.2. The van der Waals surface area contributed by atoms with Crippen LogP contribution in [-0.2, 0) is 69.3 Å². The molecule has 1 unspecified atom stereocenters. The minimum Gasteiger partial charge on any atom is -0.616 e. The van der Waals surface area contributed by atoms with Gasteiger partial charge in [0.05, 0.1) is 131 Å². The van der Waals surface area contributed by atoms with Crippen LogP contribution in [-0.4, -0.2) is 176 Å². The van der Waals surface area contributed by atoms with Crippen molar-refractivity contribution in [1.29, 1.82) is 0 Å². The molecule has 20 nitrogen and oxygen atoms in total. The second-order valence-corrected chi connectivity index (χ2v) is 19.0. The Morgan fingerprint density at radius 1 is 0.753 bits per heavy atom. The van der Waals surface area contributed by atoms with E-state index in [-0.39, 0.29) is 66.0 Å². The van der Waals surface area contributed by atoms with E-state index in [2.05, 4.69) is 31.4 Å². The van der Waals surface area contributed by atoms with Crippen LogP contribution in [0.3, 0.4) is 0 Å². The van der Waals surface area contributed by atoms with Crippen LogP contribution in [0.4, 0.5) is 20.4 Å². The van der Waals surface area contributed by atoms with Crippen molar-refractivity contribution >= 4 is 34.6 Å². The predicted octanol–water partition coefficient (Wildman–Crippen LogP) is 4.82. The number of hydrogen-bond donors (Lipinski definition) is 4. The minimum atomic E-state index is -1.42. The molecule has 2 aromatic heterocycles. The van der Waals surface area contributed by atoms with E-state index in [0.29, 0.717) is 155 Å². The summed E-state index contributed by atoms with van der Waals surface area (Å²) in [6, 6.07) is 8.10. The van der Waals surface area contributed by atoms with Gasteiger partial charge in [-0.3, -0.25) is 14.4 Å². The topological polar surface area (TPSA) is 233 Å². The number of aromatic nitrogens is 2. The highest BCUT2D eigenvalue weighted by molar-refractivity contribution is 7.90. The SMILES string of the molecule is COCCOCCOCCOCCOCCOCCOCCOCCNC(=O)[C@H](CCCCNC(=O)CC[S+]([O-])Cc1cc2nc(c1)OCCCOc1cc(F)ccc1-c1cc(ncc1F)N2)NOC(C)(C)C. The van der Waals surface area contributed by atoms with Gasteiger partial charge in [0.15, 0.2) is 0 Å². The molecule has 1 aliphatic heterocycles. The summed E-state index contributed by atoms with van der Waals surface area (Å²) in [6.07, 6.45) is 3.20. The molecule has 0 radical (unpaired) electrons. The molecular formula is C50H76F2N6O14S. The third-order valence-electron chi connectivity index (χ3n) is 10.2. The first-order chi connectivity index (χ1) is 35.4. The summed E-state index contributed by atoms with van der Waals surface area (Å²) >= 11 is -1.42. The Labute approximate surface area is 431 Å². The van der Waals surface area contributed by atoms with Crippen LogP contribution in [0.1, 0.15) is 58.4 Å². The zero-order valence-electron chi connectivity index (χ0n) is 42.8. The summed E-state index contributed by atoms with van der Waals surface area (Å²) < 4.78 is 97.3. The molecule has 0 saturated carbocycles. The quantitative estimate of drug-likeness (QED) is 0.0344. The van der Waals surface area contributed by atoms with Crippen molar-refractivity contribution in [1.82, 2.24) is 26.1 Å². The molecule has 2 amide bonds. The van der Waals surface area contributed by atoms with Crippen molar-refractivity contribution in [3.05, 3.63) is 59.8 Å². The van der Waals surface area contributed by atoms with Gasteiger partial charge < -0.3 is 67.9 Å². The van der Waals surface area contributed by atoms with Crippen LogP contribution < -0.4 is 30.9 Å². The van der Waals surface area contributed by atoms with Gasteiger partial charge in [0.2, 0.25) is 17.7 Å². The number of nitrogens with one attached hydrogen (secondary N) is 4. The second kappa shape index (κ2) is 36.6. The summed E-state index contributed by atoms with van der Waals surface area (Å²) in [5.74, 6) is -0.311. The summed E-state index contributed by atoms with van der Waals surface area (Å²) in [4.78, 5) is 40.2. The molecule has 4 N–H and O–H groups in total. The standard InChI is InChI=1S/C50H76F2N6O14S/c1-50(2,3)72-58-43(49(60)54-13-16-63-19-20-65-23-24-67-27-28-69-30-29-68-26-25-66-22-21-64-18-17-62-4)8-5-6-12-53-47(59)11-31-73(61)37-38-32-46-56-45-35-41(42(52)36-55-45)40-10-9-39(51)34-44(40)70-14-7-15-71-48(33-38)57-46/h9-10,32-36,43,58H,5-8,11-31,37H2,1-4H3,(H,53,59)(H,54,60)(H,55,56,57)/t43-,73?/m0/s1. The zero-order valence-corrected chi connectivity index (χ0v) is 43.6. The molecule has 0 fully saturated rings. The number of benzene rings is 1. The molecule has 0 aliphatic carbocycles. The lowest BCUT2D eigenvalue weighted by Crippen LogP contribution is -2.47. The Kier molecular flexibility index (Phi) is 30.6. The molecule has 1 aliphatic rings. The van der Waals surface area contributed by atoms with E-state index < -0.39 is 34.5 Å². The third-order valence-corrected chi connectivity index (χ3v) is 11.5. The highest BCUT2D eigenvalue weighted by Gasteiger charge is 2.22. The molecule has 23 heteroatoms. The van der Waals surface area contributed by atoms with Gasteiger partial charge in [0.25, 0.3) is 0 Å². The number of carbonyl (C=O) groups excluding carboxylic acids is 2. The van der Waals surface area contributed by atoms with Gasteiger partial charge in [-0.15, -0.1) is 0 Å². The number of hydrogen-bond acceptors (Lipinski definition) is 18. The monoisotopic (exact) mass is 1050 g/mol. The Hall–Kier alpha value is -4.37. The highest BCUT2D eigenvalue weighted by Crippen LogP contribution is 2.34. The van der Waals surface area contributed by atoms with Crippen LogP contribution in [0.5, 0.6) is 11.6 Å². The number of carbonyl (C=O) groups is 2. The fourth-order valence-corrected chi connectivity index (χ4v) is 7.66. The predicted molar refractivity (Wildman–Crippen MR) is 269 cm³/mol. The van der Waals surface area contributed by atoms with Crippen LogP contribution in [0.15, 0.2) is 42.6 Å². The first-order valence-corrected chi connectivity index (χ1v) is 26.2. The number of methoxy groups -OCH3 is 1. The van der Waals surface area contributed by atoms with Gasteiger partial charge in [-0.1, -0.05) is 0 Å². The van der Waals surface area contributed by atoms with E-state index in [1.165, 1.54) is 24.3 Å². The van der Waals surface area contributed by atoms with Crippen LogP contribution in [0.25, 0.3) is 11.1 Å². The van der Waals surface area contributed by atoms with Gasteiger partial charge in [0.1, 0.15) is 46.6 Å². The lowest BCUT2D eigenvalue weighted by atomic mass is 10.0. The van der Waals surface area contributed by atoms with E-state index in [1.54, 1.807) is 19.2 Å². The lowest BCUT2D eigenvalue weighted by Gasteiger charge is -2.24. The van der Waals surface area contributed by atoms with E-state index in [1.807, 2.05) is 20.8 Å². The van der Waals surface area contributed by atoms with Gasteiger partial charge in [-0.25, -0.2) is 13.8 Å². The number of amides is 2. The first kappa shape index (κ1) is 61.2. The number of anilines is 2. The van der Waals surface area contributed by atoms with E-state index in [0.717, 1.165) is 6.20 Å². The fraction of sp³-hybridized carbons (Fsp3) is 0.640. The molecule has 0 spiro atoms. The number of unbranched alkanes of at least 4 members (excludes halogenated alkanes) is 1. The molecular weight excluding hydrogens is 979 g/mol. The Morgan fingerprint density at radius 2 is 1.37 bits per heavy atom. The number of nitrogens with zero attached hydrogens (tertiary/aromatic N) is 2. The number of rotatable bonds is 37. The summed E-state index contributed by atoms with van der Waals surface area (Å²) in [7, 11) is 1.63. The van der Waals surface area contributed by atoms with Gasteiger partial charge in [-0.05, 0) is 75.5 Å². The maximum absolute atomic E-state index is 15.0. The summed E-state index contributed by atoms with van der Waals surface area (Å²) in [5.41, 5.74) is 3.54. The number of ether oxygens (including phenoxy) is 10. The molecule has 4 rings (SSSR count). The van der Waals surface area contributed by atoms with Crippen molar-refractivity contribution in [2.24, 2.45) is 0 Å². The van der Waals surface area contributed by atoms with Crippen LogP contribution >= 0.6 is 0 Å². The van der Waals surface area contributed by atoms with Gasteiger partial charge in [0, 0.05) is 55.4 Å². The molecule has 410 valence electrons. The summed E-state index contributed by atoms with van der Waals surface area (Å²) in [5, 5.41) is 8.83. The van der Waals surface area contributed by atoms with Gasteiger partial charge in [-0.2, -0.15) is 10.5 Å². The Balaban J connectivity index is 1.04. The van der Waals surface area contributed by atoms with Crippen molar-refractivity contribution in [2.45, 2.75) is 70.3 Å². The van der Waals surface area contributed by atoms with Gasteiger partial charge >= 0.3 is 0 Å². The fourth-order valence-electron chi connectivity index (χ4n) is 6.56. The lowest BCUT2D eigenvalue weighted by molar-refractivity contribution is -0.135. The Morgan fingerprint density at radius 3 is 2.00 bits per heavy atom. The molecule has 3 aromatic rings. The maximum Gasteiger partial charge on any atom is 0.239 e. The molecule has 2 atom stereocenters. The number of halogens is 2. The van der Waals surface area contributed by atoms with E-state index in [4.69, 9.17) is 52.2 Å². The molecule has 73 heavy (non-hydrogen) atoms. The molecule has 3 heterocycles. The van der Waals surface area contributed by atoms with Crippen molar-refractivity contribution in [2.75, 3.05) is 144 Å². The minimum absolute atomic E-state index is 0.0498. The number of fused-ring (bicyclic) bond motifs is 6. The van der Waals surface area contributed by atoms with Crippen LogP contribution in [0.2, 0.25) is 0 Å². The molecule has 0 saturated heterocycles. The van der Waals surface area contributed by atoms with E-state index >= 15 is 4.39 Å². The normalized spacial score (nSPS) is 13.5. The van der Waals surface area contributed by atoms with Crippen LogP contribution in [0, 0.1) is 11.6 Å². The number of hydroxylamine groups is 1. The average Bonchev–Trinajstić information content (AvgIpc) is 3.35. The zero-order chi connectivity index (χ0) is 52.4. The third kappa shape index (κ3) is 27.7. The average molecular weight is 1060 g/mol. The second-order valence-electron chi connectivity index (χ2n) is 17.4. The molecule has 4 bridgehead atoms. The van der Waals surface area contributed by atoms with Crippen molar-refractivity contribution < 1.29 is 75.1 Å². The van der Waals surface area contributed by atoms with Crippen molar-refractivity contribution in [3.8, 4) is 22.8 Å². The molecule has 1 aromatic carbocycles. The largest absolute Gasteiger partial charge is 0.616 e. The summed E-state index contributed by atoms with van der Waals surface area (Å²) in [6.45, 7) is 13.6. The van der Waals surface area contributed by atoms with E-state index in [9.17, 15) is 18.5 Å².